The van der Waals surface area contributed by atoms with Gasteiger partial charge >= 0.3 is 0 Å². The predicted molar refractivity (Wildman–Crippen MR) is 88.0 cm³/mol. The first-order chi connectivity index (χ1) is 10.8. The van der Waals surface area contributed by atoms with Crippen LogP contribution in [-0.2, 0) is 9.47 Å². The molecule has 2 aliphatic rings. The zero-order valence-corrected chi connectivity index (χ0v) is 13.3. The Kier molecular flexibility index (Phi) is 3.93. The van der Waals surface area contributed by atoms with Crippen LogP contribution in [0.25, 0.3) is 10.9 Å². The zero-order chi connectivity index (χ0) is 14.9. The number of para-hydroxylation sites is 1. The van der Waals surface area contributed by atoms with Crippen molar-refractivity contribution in [2.24, 2.45) is 5.92 Å². The van der Waals surface area contributed by atoms with Gasteiger partial charge in [0.1, 0.15) is 0 Å². The summed E-state index contributed by atoms with van der Waals surface area (Å²) in [6.45, 7) is 3.91. The van der Waals surface area contributed by atoms with Crippen molar-refractivity contribution in [2.75, 3.05) is 13.2 Å². The number of ether oxygens (including phenoxy) is 2. The molecule has 0 amide bonds. The van der Waals surface area contributed by atoms with Crippen LogP contribution in [0.5, 0.6) is 0 Å². The fourth-order valence-corrected chi connectivity index (χ4v) is 4.36. The average molecular weight is 299 g/mol. The summed E-state index contributed by atoms with van der Waals surface area (Å²) in [5, 5.41) is 1.38. The molecular weight excluding hydrogens is 274 g/mol. The molecule has 0 bridgehead atoms. The van der Waals surface area contributed by atoms with Gasteiger partial charge in [0, 0.05) is 35.7 Å². The third kappa shape index (κ3) is 2.46. The highest BCUT2D eigenvalue weighted by Crippen LogP contribution is 2.43. The number of benzene rings is 1. The molecule has 2 aliphatic heterocycles. The molecule has 1 aromatic heterocycles. The molecule has 1 aromatic carbocycles. The Morgan fingerprint density at radius 2 is 1.82 bits per heavy atom. The number of rotatable bonds is 1. The lowest BCUT2D eigenvalue weighted by molar-refractivity contribution is -0.202. The molecule has 3 heteroatoms. The summed E-state index contributed by atoms with van der Waals surface area (Å²) < 4.78 is 12.0. The van der Waals surface area contributed by atoms with E-state index in [1.54, 1.807) is 0 Å². The van der Waals surface area contributed by atoms with Crippen LogP contribution < -0.4 is 0 Å². The molecule has 3 atom stereocenters. The van der Waals surface area contributed by atoms with E-state index < -0.39 is 0 Å². The van der Waals surface area contributed by atoms with Gasteiger partial charge in [-0.15, -0.1) is 0 Å². The third-order valence-electron chi connectivity index (χ3n) is 5.34. The van der Waals surface area contributed by atoms with Gasteiger partial charge in [-0.1, -0.05) is 24.6 Å². The second-order valence-electron chi connectivity index (χ2n) is 6.73. The number of H-pyrrole nitrogens is 1. The highest BCUT2D eigenvalue weighted by Gasteiger charge is 2.36. The Bertz CT molecular complexity index is 648. The molecule has 0 unspecified atom stereocenters. The molecule has 2 aromatic rings. The van der Waals surface area contributed by atoms with Crippen molar-refractivity contribution >= 4 is 10.9 Å². The molecule has 2 saturated heterocycles. The highest BCUT2D eigenvalue weighted by molar-refractivity contribution is 5.85. The Morgan fingerprint density at radius 3 is 2.73 bits per heavy atom. The molecule has 0 spiro atoms. The lowest BCUT2D eigenvalue weighted by Crippen LogP contribution is -2.37. The maximum atomic E-state index is 6.03. The van der Waals surface area contributed by atoms with Gasteiger partial charge < -0.3 is 14.5 Å². The first-order valence-corrected chi connectivity index (χ1v) is 8.65. The van der Waals surface area contributed by atoms with Crippen LogP contribution in [0.15, 0.2) is 24.3 Å². The largest absolute Gasteiger partial charge is 0.358 e. The molecule has 3 nitrogen and oxygen atoms in total. The van der Waals surface area contributed by atoms with Crippen LogP contribution in [0.2, 0.25) is 0 Å². The normalized spacial score (nSPS) is 29.8. The topological polar surface area (TPSA) is 34.2 Å². The van der Waals surface area contributed by atoms with Crippen LogP contribution in [0, 0.1) is 12.8 Å². The van der Waals surface area contributed by atoms with Gasteiger partial charge in [-0.05, 0) is 50.2 Å². The minimum atomic E-state index is -0.00730. The molecule has 3 heterocycles. The molecule has 118 valence electrons. The molecule has 0 radical (unpaired) electrons. The van der Waals surface area contributed by atoms with Crippen molar-refractivity contribution in [1.29, 1.82) is 0 Å². The first kappa shape index (κ1) is 14.3. The first-order valence-electron chi connectivity index (χ1n) is 8.65. The van der Waals surface area contributed by atoms with E-state index in [1.165, 1.54) is 41.4 Å². The molecular formula is C19H25NO2. The van der Waals surface area contributed by atoms with Crippen molar-refractivity contribution in [1.82, 2.24) is 4.98 Å². The van der Waals surface area contributed by atoms with Crippen molar-refractivity contribution in [3.8, 4) is 0 Å². The molecule has 4 rings (SSSR count). The van der Waals surface area contributed by atoms with E-state index in [-0.39, 0.29) is 6.29 Å². The van der Waals surface area contributed by atoms with E-state index in [4.69, 9.17) is 9.47 Å². The van der Waals surface area contributed by atoms with Gasteiger partial charge in [-0.25, -0.2) is 0 Å². The number of nitrogens with one attached hydrogen (secondary N) is 1. The van der Waals surface area contributed by atoms with Gasteiger partial charge in [-0.2, -0.15) is 0 Å². The SMILES string of the molecule is Cc1[nH]c2ccccc2c1[C@H]1CCCCO[C@@H]2OCCC[C@@H]21. The minimum Gasteiger partial charge on any atom is -0.358 e. The van der Waals surface area contributed by atoms with Gasteiger partial charge in [0.25, 0.3) is 0 Å². The average Bonchev–Trinajstić information content (AvgIpc) is 2.85. The third-order valence-corrected chi connectivity index (χ3v) is 5.34. The van der Waals surface area contributed by atoms with E-state index >= 15 is 0 Å². The lowest BCUT2D eigenvalue weighted by atomic mass is 9.77. The summed E-state index contributed by atoms with van der Waals surface area (Å²) >= 11 is 0. The van der Waals surface area contributed by atoms with Crippen LogP contribution in [0.3, 0.4) is 0 Å². The van der Waals surface area contributed by atoms with E-state index in [2.05, 4.69) is 36.2 Å². The number of fused-ring (bicyclic) bond motifs is 2. The monoisotopic (exact) mass is 299 g/mol. The summed E-state index contributed by atoms with van der Waals surface area (Å²) in [5.74, 6) is 1.04. The predicted octanol–water partition coefficient (Wildman–Crippen LogP) is 4.51. The van der Waals surface area contributed by atoms with Crippen molar-refractivity contribution in [3.63, 3.8) is 0 Å². The quantitative estimate of drug-likeness (QED) is 0.840. The summed E-state index contributed by atoms with van der Waals surface area (Å²) in [6.07, 6.45) is 6.00. The second-order valence-corrected chi connectivity index (χ2v) is 6.73. The standard InChI is InChI=1S/C19H25NO2/c1-13-18(16-8-2-3-10-17(16)20-13)14-7-4-5-11-21-19-15(14)9-6-12-22-19/h2-3,8,10,14-15,19-20H,4-7,9,11-12H2,1H3/t14-,15+,19+/m0/s1. The van der Waals surface area contributed by atoms with E-state index in [0.717, 1.165) is 26.1 Å². The fraction of sp³-hybridized carbons (Fsp3) is 0.579. The maximum Gasteiger partial charge on any atom is 0.160 e. The summed E-state index contributed by atoms with van der Waals surface area (Å²) in [6, 6.07) is 8.69. The number of aromatic nitrogens is 1. The molecule has 1 N–H and O–H groups in total. The summed E-state index contributed by atoms with van der Waals surface area (Å²) in [7, 11) is 0. The molecule has 0 saturated carbocycles. The number of hydrogen-bond acceptors (Lipinski definition) is 2. The van der Waals surface area contributed by atoms with Gasteiger partial charge in [0.05, 0.1) is 0 Å². The van der Waals surface area contributed by atoms with Crippen LogP contribution >= 0.6 is 0 Å². The lowest BCUT2D eigenvalue weighted by Gasteiger charge is -2.38. The number of aromatic amines is 1. The molecule has 0 aliphatic carbocycles. The Hall–Kier alpha value is -1.32. The van der Waals surface area contributed by atoms with E-state index in [9.17, 15) is 0 Å². The van der Waals surface area contributed by atoms with Crippen LogP contribution in [0.1, 0.15) is 49.3 Å². The summed E-state index contributed by atoms with van der Waals surface area (Å²) in [5.41, 5.74) is 4.07. The second kappa shape index (κ2) is 6.05. The Labute approximate surface area is 132 Å². The van der Waals surface area contributed by atoms with E-state index in [1.807, 2.05) is 0 Å². The Balaban J connectivity index is 1.77. The van der Waals surface area contributed by atoms with E-state index in [0.29, 0.717) is 11.8 Å². The number of hydrogen-bond donors (Lipinski definition) is 1. The fourth-order valence-electron chi connectivity index (χ4n) is 4.36. The van der Waals surface area contributed by atoms with Gasteiger partial charge in [-0.3, -0.25) is 0 Å². The summed E-state index contributed by atoms with van der Waals surface area (Å²) in [4.78, 5) is 3.57. The van der Waals surface area contributed by atoms with Gasteiger partial charge in [0.15, 0.2) is 6.29 Å². The minimum absolute atomic E-state index is 0.00730. The zero-order valence-electron chi connectivity index (χ0n) is 13.3. The van der Waals surface area contributed by atoms with Crippen LogP contribution in [-0.4, -0.2) is 24.5 Å². The van der Waals surface area contributed by atoms with Crippen molar-refractivity contribution < 1.29 is 9.47 Å². The van der Waals surface area contributed by atoms with Gasteiger partial charge in [0.2, 0.25) is 0 Å². The van der Waals surface area contributed by atoms with Crippen molar-refractivity contribution in [2.45, 2.75) is 51.2 Å². The Morgan fingerprint density at radius 1 is 1.00 bits per heavy atom. The number of aryl methyl sites for hydroxylation is 1. The van der Waals surface area contributed by atoms with Crippen LogP contribution in [0.4, 0.5) is 0 Å². The highest BCUT2D eigenvalue weighted by atomic mass is 16.7. The smallest absolute Gasteiger partial charge is 0.160 e. The van der Waals surface area contributed by atoms with Crippen molar-refractivity contribution in [3.05, 3.63) is 35.5 Å². The maximum absolute atomic E-state index is 6.03. The molecule has 22 heavy (non-hydrogen) atoms. The molecule has 2 fully saturated rings.